The lowest BCUT2D eigenvalue weighted by Crippen LogP contribution is -2.51. The summed E-state index contributed by atoms with van der Waals surface area (Å²) in [6.07, 6.45) is 2.64. The van der Waals surface area contributed by atoms with E-state index in [4.69, 9.17) is 4.74 Å². The molecule has 0 aromatic heterocycles. The van der Waals surface area contributed by atoms with Crippen molar-refractivity contribution in [2.75, 3.05) is 41.3 Å². The monoisotopic (exact) mass is 393 g/mol. The lowest BCUT2D eigenvalue weighted by Gasteiger charge is -2.23. The molecule has 1 aromatic carbocycles. The minimum Gasteiger partial charge on any atom is -0.469 e. The van der Waals surface area contributed by atoms with Gasteiger partial charge < -0.3 is 20.3 Å². The van der Waals surface area contributed by atoms with E-state index in [1.54, 1.807) is 0 Å². The summed E-state index contributed by atoms with van der Waals surface area (Å²) in [6.45, 7) is 11.0. The SMILES string of the molecule is C=C(NCCC[NH3+])C(C)CC(CC)C(=O)OC.C[N+](C)(C)Cc1ccccc1. The molecular formula is C23H43N3O2+2. The molecule has 0 spiro atoms. The first-order valence-corrected chi connectivity index (χ1v) is 10.3. The molecular weight excluding hydrogens is 350 g/mol. The fourth-order valence-corrected chi connectivity index (χ4v) is 2.84. The molecule has 0 bridgehead atoms. The molecule has 0 aliphatic heterocycles. The van der Waals surface area contributed by atoms with E-state index in [0.717, 1.165) is 49.1 Å². The number of allylic oxidation sites excluding steroid dienone is 1. The summed E-state index contributed by atoms with van der Waals surface area (Å²) in [5.41, 5.74) is 6.20. The van der Waals surface area contributed by atoms with Crippen LogP contribution in [0.5, 0.6) is 0 Å². The number of carbonyl (C=O) groups excluding carboxylic acids is 1. The van der Waals surface area contributed by atoms with Gasteiger partial charge in [0, 0.05) is 24.2 Å². The molecule has 28 heavy (non-hydrogen) atoms. The quantitative estimate of drug-likeness (QED) is 0.345. The molecule has 160 valence electrons. The number of methoxy groups -OCH3 is 1. The van der Waals surface area contributed by atoms with Crippen molar-refractivity contribution in [2.45, 2.75) is 39.7 Å². The third-order valence-electron chi connectivity index (χ3n) is 4.54. The van der Waals surface area contributed by atoms with Crippen molar-refractivity contribution in [3.05, 3.63) is 48.2 Å². The molecule has 5 nitrogen and oxygen atoms in total. The molecule has 0 saturated heterocycles. The number of esters is 1. The van der Waals surface area contributed by atoms with Crippen molar-refractivity contribution in [2.24, 2.45) is 11.8 Å². The van der Waals surface area contributed by atoms with E-state index < -0.39 is 0 Å². The number of hydrogen-bond acceptors (Lipinski definition) is 3. The highest BCUT2D eigenvalue weighted by Gasteiger charge is 2.21. The molecule has 0 radical (unpaired) electrons. The molecule has 1 rings (SSSR count). The zero-order valence-corrected chi connectivity index (χ0v) is 19.0. The highest BCUT2D eigenvalue weighted by molar-refractivity contribution is 5.72. The van der Waals surface area contributed by atoms with Crippen LogP contribution in [0, 0.1) is 11.8 Å². The number of rotatable bonds is 11. The highest BCUT2D eigenvalue weighted by Crippen LogP contribution is 2.20. The van der Waals surface area contributed by atoms with Gasteiger partial charge in [0.2, 0.25) is 0 Å². The Morgan fingerprint density at radius 2 is 1.86 bits per heavy atom. The minimum atomic E-state index is -0.120. The molecule has 2 unspecified atom stereocenters. The second-order valence-electron chi connectivity index (χ2n) is 8.36. The standard InChI is InChI=1S/C13H26N2O2.C10H16N/c1-5-12(13(16)17-4)9-10(2)11(3)15-8-6-7-14;1-11(2,3)9-10-7-5-4-6-8-10/h10,12,15H,3,5-9,14H2,1-2,4H3;4-8H,9H2,1-3H3/q;+1/p+1. The average Bonchev–Trinajstić information content (AvgIpc) is 2.65. The summed E-state index contributed by atoms with van der Waals surface area (Å²) < 4.78 is 5.78. The molecule has 4 N–H and O–H groups in total. The van der Waals surface area contributed by atoms with Gasteiger partial charge in [-0.2, -0.15) is 0 Å². The number of hydrogen-bond donors (Lipinski definition) is 2. The van der Waals surface area contributed by atoms with Gasteiger partial charge in [0.05, 0.1) is 40.7 Å². The van der Waals surface area contributed by atoms with Crippen LogP contribution in [-0.4, -0.2) is 51.8 Å². The Hall–Kier alpha value is -1.85. The van der Waals surface area contributed by atoms with Crippen molar-refractivity contribution < 1.29 is 19.7 Å². The largest absolute Gasteiger partial charge is 0.469 e. The third kappa shape index (κ3) is 12.5. The van der Waals surface area contributed by atoms with Crippen LogP contribution in [0.1, 0.15) is 38.7 Å². The lowest BCUT2D eigenvalue weighted by atomic mass is 9.92. The number of quaternary nitrogens is 2. The van der Waals surface area contributed by atoms with Crippen LogP contribution in [0.4, 0.5) is 0 Å². The van der Waals surface area contributed by atoms with Gasteiger partial charge in [-0.25, -0.2) is 0 Å². The van der Waals surface area contributed by atoms with E-state index in [2.05, 4.69) is 76.0 Å². The normalized spacial score (nSPS) is 13.0. The highest BCUT2D eigenvalue weighted by atomic mass is 16.5. The van der Waals surface area contributed by atoms with E-state index >= 15 is 0 Å². The number of nitrogens with one attached hydrogen (secondary N) is 1. The lowest BCUT2D eigenvalue weighted by molar-refractivity contribution is -0.884. The number of nitrogens with zero attached hydrogens (tertiary/aromatic N) is 1. The van der Waals surface area contributed by atoms with E-state index in [0.29, 0.717) is 0 Å². The maximum absolute atomic E-state index is 11.5. The maximum Gasteiger partial charge on any atom is 0.308 e. The fourth-order valence-electron chi connectivity index (χ4n) is 2.84. The minimum absolute atomic E-state index is 0.0265. The summed E-state index contributed by atoms with van der Waals surface area (Å²) in [5, 5.41) is 3.28. The van der Waals surface area contributed by atoms with Crippen molar-refractivity contribution >= 4 is 5.97 Å². The Kier molecular flexibility index (Phi) is 13.3. The Bertz CT molecular complexity index is 553. The third-order valence-corrected chi connectivity index (χ3v) is 4.54. The predicted molar refractivity (Wildman–Crippen MR) is 117 cm³/mol. The van der Waals surface area contributed by atoms with Gasteiger partial charge >= 0.3 is 5.97 Å². The second-order valence-corrected chi connectivity index (χ2v) is 8.36. The molecule has 0 fully saturated rings. The van der Waals surface area contributed by atoms with Crippen LogP contribution in [0.2, 0.25) is 0 Å². The van der Waals surface area contributed by atoms with E-state index in [9.17, 15) is 4.79 Å². The number of ether oxygens (including phenoxy) is 1. The van der Waals surface area contributed by atoms with Crippen LogP contribution >= 0.6 is 0 Å². The van der Waals surface area contributed by atoms with Crippen LogP contribution in [0.15, 0.2) is 42.6 Å². The molecule has 0 heterocycles. The Morgan fingerprint density at radius 3 is 2.32 bits per heavy atom. The van der Waals surface area contributed by atoms with Crippen molar-refractivity contribution in [3.8, 4) is 0 Å². The van der Waals surface area contributed by atoms with E-state index in [1.807, 2.05) is 6.92 Å². The molecule has 0 amide bonds. The summed E-state index contributed by atoms with van der Waals surface area (Å²) in [6, 6.07) is 10.6. The summed E-state index contributed by atoms with van der Waals surface area (Å²) >= 11 is 0. The molecule has 0 saturated carbocycles. The molecule has 0 aliphatic carbocycles. The van der Waals surface area contributed by atoms with Crippen molar-refractivity contribution in [1.82, 2.24) is 5.32 Å². The van der Waals surface area contributed by atoms with Gasteiger partial charge in [0.15, 0.2) is 0 Å². The Morgan fingerprint density at radius 1 is 1.25 bits per heavy atom. The van der Waals surface area contributed by atoms with Gasteiger partial charge in [-0.15, -0.1) is 0 Å². The van der Waals surface area contributed by atoms with Gasteiger partial charge in [0.1, 0.15) is 6.54 Å². The van der Waals surface area contributed by atoms with Gasteiger partial charge in [-0.3, -0.25) is 4.79 Å². The van der Waals surface area contributed by atoms with E-state index in [1.165, 1.54) is 12.7 Å². The van der Waals surface area contributed by atoms with Crippen molar-refractivity contribution in [3.63, 3.8) is 0 Å². The van der Waals surface area contributed by atoms with Crippen LogP contribution in [0.25, 0.3) is 0 Å². The molecule has 2 atom stereocenters. The molecule has 5 heteroatoms. The fraction of sp³-hybridized carbons (Fsp3) is 0.609. The topological polar surface area (TPSA) is 66.0 Å². The molecule has 1 aromatic rings. The Labute approximate surface area is 172 Å². The summed E-state index contributed by atoms with van der Waals surface area (Å²) in [7, 11) is 8.05. The number of benzene rings is 1. The Balaban J connectivity index is 0.000000567. The van der Waals surface area contributed by atoms with Crippen LogP contribution in [0.3, 0.4) is 0 Å². The maximum atomic E-state index is 11.5. The van der Waals surface area contributed by atoms with Gasteiger partial charge in [0.25, 0.3) is 0 Å². The first-order chi connectivity index (χ1) is 13.1. The second kappa shape index (κ2) is 14.2. The van der Waals surface area contributed by atoms with Gasteiger partial charge in [-0.05, 0) is 18.8 Å². The summed E-state index contributed by atoms with van der Waals surface area (Å²) in [4.78, 5) is 11.5. The van der Waals surface area contributed by atoms with Crippen LogP contribution in [-0.2, 0) is 16.1 Å². The summed E-state index contributed by atoms with van der Waals surface area (Å²) in [5.74, 6) is 0.134. The van der Waals surface area contributed by atoms with Gasteiger partial charge in [-0.1, -0.05) is 50.8 Å². The van der Waals surface area contributed by atoms with Crippen molar-refractivity contribution in [1.29, 1.82) is 0 Å². The molecule has 0 aliphatic rings. The first kappa shape index (κ1) is 26.1. The van der Waals surface area contributed by atoms with Crippen LogP contribution < -0.4 is 11.1 Å². The van der Waals surface area contributed by atoms with E-state index in [-0.39, 0.29) is 17.8 Å². The number of carbonyl (C=O) groups is 1. The zero-order chi connectivity index (χ0) is 21.6. The average molecular weight is 394 g/mol. The smallest absolute Gasteiger partial charge is 0.308 e. The first-order valence-electron chi connectivity index (χ1n) is 10.3. The predicted octanol–water partition coefficient (Wildman–Crippen LogP) is 2.84. The zero-order valence-electron chi connectivity index (χ0n) is 19.0.